The summed E-state index contributed by atoms with van der Waals surface area (Å²) in [7, 11) is 0. The number of hydrogen-bond donors (Lipinski definition) is 2. The van der Waals surface area contributed by atoms with Gasteiger partial charge in [-0.2, -0.15) is 0 Å². The van der Waals surface area contributed by atoms with E-state index >= 15 is 0 Å². The molecule has 0 saturated heterocycles. The van der Waals surface area contributed by atoms with E-state index in [1.807, 2.05) is 27.7 Å². The second-order valence-electron chi connectivity index (χ2n) is 6.83. The van der Waals surface area contributed by atoms with Crippen LogP contribution in [0.2, 0.25) is 0 Å². The Morgan fingerprint density at radius 2 is 0.739 bits per heavy atom. The van der Waals surface area contributed by atoms with Gasteiger partial charge in [0.05, 0.1) is 0 Å². The monoisotopic (exact) mass is 312 g/mol. The minimum absolute atomic E-state index is 0.395. The van der Waals surface area contributed by atoms with Crippen LogP contribution >= 0.6 is 0 Å². The van der Waals surface area contributed by atoms with Gasteiger partial charge >= 0.3 is 0 Å². The van der Waals surface area contributed by atoms with Crippen LogP contribution in [0.25, 0.3) is 0 Å². The number of phenolic OH excluding ortho intramolecular Hbond substituents is 2. The summed E-state index contributed by atoms with van der Waals surface area (Å²) in [5.74, 6) is 0.790. The second kappa shape index (κ2) is 5.92. The van der Waals surface area contributed by atoms with Crippen LogP contribution in [0.15, 0.2) is 0 Å². The normalized spacial score (nSPS) is 11.1. The maximum Gasteiger partial charge on any atom is 0.121 e. The summed E-state index contributed by atoms with van der Waals surface area (Å²) in [5.41, 5.74) is 10.9. The van der Waals surface area contributed by atoms with Crippen molar-refractivity contribution in [3.05, 3.63) is 55.6 Å². The average molecular weight is 312 g/mol. The molecule has 0 aliphatic rings. The first-order chi connectivity index (χ1) is 10.6. The van der Waals surface area contributed by atoms with Crippen LogP contribution in [0.1, 0.15) is 55.6 Å². The predicted molar refractivity (Wildman–Crippen MR) is 96.9 cm³/mol. The third-order valence-corrected chi connectivity index (χ3v) is 5.84. The Bertz CT molecular complexity index is 673. The van der Waals surface area contributed by atoms with Crippen molar-refractivity contribution >= 4 is 0 Å². The van der Waals surface area contributed by atoms with Crippen molar-refractivity contribution in [1.29, 1.82) is 0 Å². The van der Waals surface area contributed by atoms with Gasteiger partial charge in [0.25, 0.3) is 0 Å². The summed E-state index contributed by atoms with van der Waals surface area (Å²) in [4.78, 5) is 0. The van der Waals surface area contributed by atoms with E-state index in [0.29, 0.717) is 11.5 Å². The molecule has 124 valence electrons. The lowest BCUT2D eigenvalue weighted by atomic mass is 9.85. The quantitative estimate of drug-likeness (QED) is 0.804. The van der Waals surface area contributed by atoms with Gasteiger partial charge in [-0.25, -0.2) is 0 Å². The Labute approximate surface area is 139 Å². The van der Waals surface area contributed by atoms with E-state index in [9.17, 15) is 10.2 Å². The predicted octanol–water partition coefficient (Wildman–Crippen LogP) is 5.16. The third-order valence-electron chi connectivity index (χ3n) is 5.84. The summed E-state index contributed by atoms with van der Waals surface area (Å²) in [5, 5.41) is 20.8. The van der Waals surface area contributed by atoms with Crippen LogP contribution in [0.3, 0.4) is 0 Å². The van der Waals surface area contributed by atoms with Crippen LogP contribution in [-0.2, 0) is 6.42 Å². The van der Waals surface area contributed by atoms with Crippen molar-refractivity contribution in [3.63, 3.8) is 0 Å². The highest BCUT2D eigenvalue weighted by molar-refractivity contribution is 5.58. The van der Waals surface area contributed by atoms with Crippen LogP contribution in [-0.4, -0.2) is 10.2 Å². The zero-order chi connectivity index (χ0) is 17.6. The summed E-state index contributed by atoms with van der Waals surface area (Å²) < 4.78 is 0. The highest BCUT2D eigenvalue weighted by Crippen LogP contribution is 2.37. The zero-order valence-corrected chi connectivity index (χ0v) is 15.6. The summed E-state index contributed by atoms with van der Waals surface area (Å²) >= 11 is 0. The van der Waals surface area contributed by atoms with Crippen LogP contribution in [0.4, 0.5) is 0 Å². The molecule has 0 fully saturated rings. The number of benzene rings is 2. The Hall–Kier alpha value is -1.96. The molecule has 0 amide bonds. The van der Waals surface area contributed by atoms with Gasteiger partial charge < -0.3 is 10.2 Å². The van der Waals surface area contributed by atoms with Crippen molar-refractivity contribution < 1.29 is 10.2 Å². The Morgan fingerprint density at radius 3 is 1.04 bits per heavy atom. The lowest BCUT2D eigenvalue weighted by molar-refractivity contribution is 0.464. The Kier molecular flexibility index (Phi) is 4.48. The molecule has 2 heteroatoms. The van der Waals surface area contributed by atoms with Gasteiger partial charge in [-0.15, -0.1) is 0 Å². The number of aromatic hydroxyl groups is 2. The molecule has 0 aromatic heterocycles. The van der Waals surface area contributed by atoms with Gasteiger partial charge in [0.1, 0.15) is 11.5 Å². The summed E-state index contributed by atoms with van der Waals surface area (Å²) in [6.07, 6.45) is 0.735. The van der Waals surface area contributed by atoms with Crippen molar-refractivity contribution in [2.45, 2.75) is 61.8 Å². The topological polar surface area (TPSA) is 40.5 Å². The highest BCUT2D eigenvalue weighted by Gasteiger charge is 2.19. The van der Waals surface area contributed by atoms with E-state index < -0.39 is 0 Å². The fraction of sp³-hybridized carbons (Fsp3) is 0.429. The van der Waals surface area contributed by atoms with E-state index in [1.165, 1.54) is 22.3 Å². The lowest BCUT2D eigenvalue weighted by Gasteiger charge is -2.21. The van der Waals surface area contributed by atoms with Gasteiger partial charge in [0.15, 0.2) is 0 Å². The van der Waals surface area contributed by atoms with E-state index in [1.54, 1.807) is 0 Å². The molecule has 0 heterocycles. The fourth-order valence-corrected chi connectivity index (χ4v) is 3.49. The van der Waals surface area contributed by atoms with Gasteiger partial charge in [-0.3, -0.25) is 0 Å². The van der Waals surface area contributed by atoms with Gasteiger partial charge in [-0.1, -0.05) is 0 Å². The molecule has 0 unspecified atom stereocenters. The Balaban J connectivity index is 2.71. The van der Waals surface area contributed by atoms with Crippen molar-refractivity contribution in [2.24, 2.45) is 0 Å². The summed E-state index contributed by atoms with van der Waals surface area (Å²) in [6, 6.07) is 0. The molecular weight excluding hydrogens is 284 g/mol. The van der Waals surface area contributed by atoms with E-state index in [2.05, 4.69) is 27.7 Å². The molecular formula is C21H28O2. The van der Waals surface area contributed by atoms with Crippen molar-refractivity contribution in [1.82, 2.24) is 0 Å². The highest BCUT2D eigenvalue weighted by atomic mass is 16.3. The molecule has 2 nitrogen and oxygen atoms in total. The molecule has 0 bridgehead atoms. The van der Waals surface area contributed by atoms with E-state index in [4.69, 9.17) is 0 Å². The van der Waals surface area contributed by atoms with Gasteiger partial charge in [0.2, 0.25) is 0 Å². The van der Waals surface area contributed by atoms with Crippen LogP contribution < -0.4 is 0 Å². The maximum atomic E-state index is 10.4. The molecule has 0 radical (unpaired) electrons. The number of phenols is 2. The van der Waals surface area contributed by atoms with Gasteiger partial charge in [0, 0.05) is 0 Å². The minimum Gasteiger partial charge on any atom is -0.507 e. The molecule has 2 aromatic rings. The average Bonchev–Trinajstić information content (AvgIpc) is 2.54. The molecule has 0 aliphatic heterocycles. The second-order valence-corrected chi connectivity index (χ2v) is 6.83. The SMILES string of the molecule is Cc1c(C)c(O)c(C)c(Cc2c(C)c(C)c(C)c(O)c2C)c1C. The molecule has 2 aromatic carbocycles. The third kappa shape index (κ3) is 2.60. The molecule has 0 saturated carbocycles. The first-order valence-corrected chi connectivity index (χ1v) is 8.15. The van der Waals surface area contributed by atoms with E-state index in [0.717, 1.165) is 39.8 Å². The molecule has 23 heavy (non-hydrogen) atoms. The van der Waals surface area contributed by atoms with Crippen molar-refractivity contribution in [3.8, 4) is 11.5 Å². The van der Waals surface area contributed by atoms with Crippen molar-refractivity contribution in [2.75, 3.05) is 0 Å². The first kappa shape index (κ1) is 17.4. The fourth-order valence-electron chi connectivity index (χ4n) is 3.49. The van der Waals surface area contributed by atoms with Gasteiger partial charge in [-0.05, 0) is 117 Å². The summed E-state index contributed by atoms with van der Waals surface area (Å²) in [6.45, 7) is 16.3. The molecule has 2 N–H and O–H groups in total. The number of rotatable bonds is 2. The minimum atomic E-state index is 0.395. The zero-order valence-electron chi connectivity index (χ0n) is 15.6. The molecule has 0 atom stereocenters. The maximum absolute atomic E-state index is 10.4. The van der Waals surface area contributed by atoms with E-state index in [-0.39, 0.29) is 0 Å². The first-order valence-electron chi connectivity index (χ1n) is 8.15. The lowest BCUT2D eigenvalue weighted by Crippen LogP contribution is -2.06. The molecule has 0 aliphatic carbocycles. The standard InChI is InChI=1S/C21H28O2/c1-10-12(3)18(16(7)20(22)14(10)5)9-19-13(4)11(2)15(6)21(23)17(19)8/h22-23H,9H2,1-8H3. The Morgan fingerprint density at radius 1 is 0.435 bits per heavy atom. The van der Waals surface area contributed by atoms with Crippen LogP contribution in [0.5, 0.6) is 11.5 Å². The molecule has 2 rings (SSSR count). The largest absolute Gasteiger partial charge is 0.507 e. The number of hydrogen-bond acceptors (Lipinski definition) is 2. The van der Waals surface area contributed by atoms with Crippen LogP contribution in [0, 0.1) is 55.4 Å². The molecule has 0 spiro atoms. The smallest absolute Gasteiger partial charge is 0.121 e.